The SMILES string of the molecule is O=C(NCc1ccc(S(=O)(=O)N2CCOCC2)cc1)[C@@H]1CC=CCC1. The normalized spacial score (nSPS) is 21.8. The third kappa shape index (κ3) is 4.48. The van der Waals surface area contributed by atoms with E-state index in [1.54, 1.807) is 24.3 Å². The molecule has 2 aliphatic rings. The Bertz CT molecular complexity index is 722. The predicted molar refractivity (Wildman–Crippen MR) is 94.3 cm³/mol. The summed E-state index contributed by atoms with van der Waals surface area (Å²) in [5, 5.41) is 2.94. The van der Waals surface area contributed by atoms with E-state index in [1.165, 1.54) is 4.31 Å². The summed E-state index contributed by atoms with van der Waals surface area (Å²) in [6.07, 6.45) is 6.80. The number of nitrogens with zero attached hydrogens (tertiary/aromatic N) is 1. The number of amides is 1. The number of carbonyl (C=O) groups is 1. The number of morpholine rings is 1. The van der Waals surface area contributed by atoms with Gasteiger partial charge < -0.3 is 10.1 Å². The molecule has 1 aliphatic carbocycles. The Morgan fingerprint density at radius 1 is 1.16 bits per heavy atom. The van der Waals surface area contributed by atoms with E-state index in [9.17, 15) is 13.2 Å². The molecule has 0 aromatic heterocycles. The highest BCUT2D eigenvalue weighted by molar-refractivity contribution is 7.89. The maximum atomic E-state index is 12.6. The standard InChI is InChI=1S/C18H24N2O4S/c21-18(16-4-2-1-3-5-16)19-14-15-6-8-17(9-7-15)25(22,23)20-10-12-24-13-11-20/h1-2,6-9,16H,3-5,10-14H2,(H,19,21)/t16-/m1/s1. The molecule has 3 rings (SSSR count). The topological polar surface area (TPSA) is 75.7 Å². The van der Waals surface area contributed by atoms with Gasteiger partial charge in [0.05, 0.1) is 18.1 Å². The lowest BCUT2D eigenvalue weighted by Crippen LogP contribution is -2.40. The number of hydrogen-bond acceptors (Lipinski definition) is 4. The second-order valence-corrected chi connectivity index (χ2v) is 8.30. The van der Waals surface area contributed by atoms with Gasteiger partial charge in [-0.05, 0) is 37.0 Å². The second kappa shape index (κ2) is 8.12. The average Bonchev–Trinajstić information content (AvgIpc) is 2.68. The first kappa shape index (κ1) is 18.1. The largest absolute Gasteiger partial charge is 0.379 e. The zero-order valence-corrected chi connectivity index (χ0v) is 15.0. The number of carbonyl (C=O) groups excluding carboxylic acids is 1. The highest BCUT2D eigenvalue weighted by Gasteiger charge is 2.26. The Balaban J connectivity index is 1.58. The van der Waals surface area contributed by atoms with Crippen LogP contribution in [0, 0.1) is 5.92 Å². The first-order chi connectivity index (χ1) is 12.1. The highest BCUT2D eigenvalue weighted by atomic mass is 32.2. The van der Waals surface area contributed by atoms with E-state index in [-0.39, 0.29) is 16.7 Å². The molecule has 1 amide bonds. The number of nitrogens with one attached hydrogen (secondary N) is 1. The van der Waals surface area contributed by atoms with Crippen molar-refractivity contribution in [3.63, 3.8) is 0 Å². The molecular formula is C18H24N2O4S. The van der Waals surface area contributed by atoms with Gasteiger partial charge in [-0.15, -0.1) is 0 Å². The predicted octanol–water partition coefficient (Wildman–Crippen LogP) is 1.68. The number of sulfonamides is 1. The summed E-state index contributed by atoms with van der Waals surface area (Å²) in [6, 6.07) is 6.73. The van der Waals surface area contributed by atoms with Gasteiger partial charge in [0.2, 0.25) is 15.9 Å². The molecular weight excluding hydrogens is 340 g/mol. The van der Waals surface area contributed by atoms with Crippen LogP contribution in [0.25, 0.3) is 0 Å². The zero-order valence-electron chi connectivity index (χ0n) is 14.2. The van der Waals surface area contributed by atoms with Crippen LogP contribution in [-0.2, 0) is 26.1 Å². The highest BCUT2D eigenvalue weighted by Crippen LogP contribution is 2.19. The molecule has 1 aromatic rings. The van der Waals surface area contributed by atoms with Gasteiger partial charge in [-0.25, -0.2) is 8.42 Å². The smallest absolute Gasteiger partial charge is 0.243 e. The van der Waals surface area contributed by atoms with Gasteiger partial charge in [-0.3, -0.25) is 4.79 Å². The van der Waals surface area contributed by atoms with E-state index in [0.717, 1.165) is 24.8 Å². The number of rotatable bonds is 5. The quantitative estimate of drug-likeness (QED) is 0.807. The lowest BCUT2D eigenvalue weighted by atomic mass is 9.93. The van der Waals surface area contributed by atoms with Crippen molar-refractivity contribution in [3.8, 4) is 0 Å². The Hall–Kier alpha value is -1.70. The summed E-state index contributed by atoms with van der Waals surface area (Å²) in [7, 11) is -3.47. The monoisotopic (exact) mass is 364 g/mol. The molecule has 0 spiro atoms. The van der Waals surface area contributed by atoms with Crippen molar-refractivity contribution in [2.45, 2.75) is 30.7 Å². The third-order valence-corrected chi connectivity index (χ3v) is 6.55. The molecule has 6 nitrogen and oxygen atoms in total. The Labute approximate surface area is 148 Å². The fourth-order valence-corrected chi connectivity index (χ4v) is 4.49. The van der Waals surface area contributed by atoms with Gasteiger partial charge in [0.25, 0.3) is 0 Å². The van der Waals surface area contributed by atoms with Crippen LogP contribution < -0.4 is 5.32 Å². The molecule has 7 heteroatoms. The first-order valence-corrected chi connectivity index (χ1v) is 10.1. The van der Waals surface area contributed by atoms with Crippen molar-refractivity contribution in [1.29, 1.82) is 0 Å². The molecule has 0 saturated carbocycles. The summed E-state index contributed by atoms with van der Waals surface area (Å²) in [4.78, 5) is 12.4. The van der Waals surface area contributed by atoms with Gasteiger partial charge in [-0.1, -0.05) is 24.3 Å². The minimum atomic E-state index is -3.47. The van der Waals surface area contributed by atoms with Gasteiger partial charge in [0.15, 0.2) is 0 Å². The minimum Gasteiger partial charge on any atom is -0.379 e. The second-order valence-electron chi connectivity index (χ2n) is 6.36. The van der Waals surface area contributed by atoms with Crippen LogP contribution >= 0.6 is 0 Å². The average molecular weight is 364 g/mol. The van der Waals surface area contributed by atoms with Crippen molar-refractivity contribution in [3.05, 3.63) is 42.0 Å². The third-order valence-electron chi connectivity index (χ3n) is 4.64. The molecule has 136 valence electrons. The maximum Gasteiger partial charge on any atom is 0.243 e. The van der Waals surface area contributed by atoms with E-state index in [0.29, 0.717) is 32.8 Å². The van der Waals surface area contributed by atoms with E-state index in [2.05, 4.69) is 17.5 Å². The molecule has 1 heterocycles. The van der Waals surface area contributed by atoms with E-state index >= 15 is 0 Å². The van der Waals surface area contributed by atoms with Gasteiger partial charge in [-0.2, -0.15) is 4.31 Å². The summed E-state index contributed by atoms with van der Waals surface area (Å²) < 4.78 is 31.8. The molecule has 1 aliphatic heterocycles. The number of allylic oxidation sites excluding steroid dienone is 2. The summed E-state index contributed by atoms with van der Waals surface area (Å²) >= 11 is 0. The van der Waals surface area contributed by atoms with Crippen molar-refractivity contribution < 1.29 is 17.9 Å². The molecule has 0 bridgehead atoms. The Morgan fingerprint density at radius 3 is 2.52 bits per heavy atom. The van der Waals surface area contributed by atoms with E-state index < -0.39 is 10.0 Å². The van der Waals surface area contributed by atoms with Crippen LogP contribution in [0.2, 0.25) is 0 Å². The van der Waals surface area contributed by atoms with Gasteiger partial charge in [0.1, 0.15) is 0 Å². The number of hydrogen-bond donors (Lipinski definition) is 1. The van der Waals surface area contributed by atoms with Gasteiger partial charge in [0, 0.05) is 25.6 Å². The number of benzene rings is 1. The lowest BCUT2D eigenvalue weighted by Gasteiger charge is -2.26. The fraction of sp³-hybridized carbons (Fsp3) is 0.500. The van der Waals surface area contributed by atoms with Crippen LogP contribution in [-0.4, -0.2) is 44.9 Å². The summed E-state index contributed by atoms with van der Waals surface area (Å²) in [5.74, 6) is 0.111. The van der Waals surface area contributed by atoms with Crippen molar-refractivity contribution in [2.24, 2.45) is 5.92 Å². The van der Waals surface area contributed by atoms with Crippen LogP contribution in [0.1, 0.15) is 24.8 Å². The summed E-state index contributed by atoms with van der Waals surface area (Å²) in [6.45, 7) is 2.04. The molecule has 1 atom stereocenters. The van der Waals surface area contributed by atoms with E-state index in [4.69, 9.17) is 4.74 Å². The van der Waals surface area contributed by atoms with Crippen LogP contribution in [0.15, 0.2) is 41.3 Å². The zero-order chi connectivity index (χ0) is 17.7. The molecule has 25 heavy (non-hydrogen) atoms. The van der Waals surface area contributed by atoms with Gasteiger partial charge >= 0.3 is 0 Å². The van der Waals surface area contributed by atoms with Crippen molar-refractivity contribution >= 4 is 15.9 Å². The van der Waals surface area contributed by atoms with Crippen LogP contribution in [0.4, 0.5) is 0 Å². The molecule has 1 aromatic carbocycles. The van der Waals surface area contributed by atoms with E-state index in [1.807, 2.05) is 0 Å². The fourth-order valence-electron chi connectivity index (χ4n) is 3.08. The molecule has 1 N–H and O–H groups in total. The minimum absolute atomic E-state index is 0.0472. The lowest BCUT2D eigenvalue weighted by molar-refractivity contribution is -0.125. The van der Waals surface area contributed by atoms with Crippen LogP contribution in [0.5, 0.6) is 0 Å². The molecule has 1 fully saturated rings. The van der Waals surface area contributed by atoms with Crippen molar-refractivity contribution in [1.82, 2.24) is 9.62 Å². The number of ether oxygens (including phenoxy) is 1. The Morgan fingerprint density at radius 2 is 1.88 bits per heavy atom. The van der Waals surface area contributed by atoms with Crippen LogP contribution in [0.3, 0.4) is 0 Å². The molecule has 0 unspecified atom stereocenters. The van der Waals surface area contributed by atoms with Crippen molar-refractivity contribution in [2.75, 3.05) is 26.3 Å². The molecule has 0 radical (unpaired) electrons. The first-order valence-electron chi connectivity index (χ1n) is 8.67. The molecule has 1 saturated heterocycles. The maximum absolute atomic E-state index is 12.6. The summed E-state index contributed by atoms with van der Waals surface area (Å²) in [5.41, 5.74) is 0.889. The Kier molecular flexibility index (Phi) is 5.88.